The van der Waals surface area contributed by atoms with Gasteiger partial charge in [0.25, 0.3) is 0 Å². The van der Waals surface area contributed by atoms with Gasteiger partial charge in [-0.05, 0) is 23.3 Å². The van der Waals surface area contributed by atoms with Gasteiger partial charge in [0.2, 0.25) is 0 Å². The molecule has 0 atom stereocenters. The molecule has 170 valence electrons. The van der Waals surface area contributed by atoms with E-state index in [1.807, 2.05) is 0 Å². The van der Waals surface area contributed by atoms with Gasteiger partial charge in [-0.25, -0.2) is 0 Å². The molecule has 2 aliphatic heterocycles. The first-order valence-electron chi connectivity index (χ1n) is 11.2. The zero-order valence-corrected chi connectivity index (χ0v) is 20.8. The molecular formula is C24H35IN4O2. The molecule has 0 spiro atoms. The number of halogens is 1. The van der Waals surface area contributed by atoms with Crippen LogP contribution in [0.5, 0.6) is 0 Å². The Morgan fingerprint density at radius 2 is 1.77 bits per heavy atom. The van der Waals surface area contributed by atoms with Crippen molar-refractivity contribution >= 4 is 40.7 Å². The van der Waals surface area contributed by atoms with Crippen LogP contribution in [0.15, 0.2) is 47.5 Å². The molecule has 2 aliphatic rings. The zero-order chi connectivity index (χ0) is 20.8. The summed E-state index contributed by atoms with van der Waals surface area (Å²) >= 11 is 0. The molecule has 0 amide bonds. The lowest BCUT2D eigenvalue weighted by atomic mass is 9.95. The summed E-state index contributed by atoms with van der Waals surface area (Å²) in [6.45, 7) is 9.47. The van der Waals surface area contributed by atoms with E-state index >= 15 is 0 Å². The highest BCUT2D eigenvalue weighted by atomic mass is 127. The number of aliphatic imine (C=N–C) groups is 1. The van der Waals surface area contributed by atoms with Crippen molar-refractivity contribution in [2.24, 2.45) is 4.99 Å². The molecule has 0 aromatic heterocycles. The molecule has 0 saturated carbocycles. The number of ether oxygens (including phenoxy) is 1. The quantitative estimate of drug-likeness (QED) is 0.348. The van der Waals surface area contributed by atoms with Gasteiger partial charge in [-0.2, -0.15) is 0 Å². The number of nitrogens with one attached hydrogen (secondary N) is 1. The first-order chi connectivity index (χ1) is 14.7. The number of hydrogen-bond donors (Lipinski definition) is 2. The summed E-state index contributed by atoms with van der Waals surface area (Å²) in [5, 5.41) is 16.8. The van der Waals surface area contributed by atoms with Crippen molar-refractivity contribution in [1.29, 1.82) is 0 Å². The summed E-state index contributed by atoms with van der Waals surface area (Å²) in [5.74, 6) is 0.919. The molecule has 6 nitrogen and oxygen atoms in total. The molecule has 2 aromatic rings. The standard InChI is InChI=1S/C24H34N4O2.HI/c1-2-25-23(26-19-24(29)10-16-30-17-11-24)28-14-12-27(13-15-28)18-21-8-5-7-20-6-3-4-9-22(20)21;/h3-9,29H,2,10-19H2,1H3,(H,25,26);1H. The van der Waals surface area contributed by atoms with Crippen LogP contribution < -0.4 is 5.32 Å². The number of rotatable bonds is 5. The van der Waals surface area contributed by atoms with E-state index in [1.54, 1.807) is 0 Å². The smallest absolute Gasteiger partial charge is 0.194 e. The molecule has 0 unspecified atom stereocenters. The molecule has 7 heteroatoms. The summed E-state index contributed by atoms with van der Waals surface area (Å²) in [6.07, 6.45) is 1.32. The summed E-state index contributed by atoms with van der Waals surface area (Å²) in [7, 11) is 0. The van der Waals surface area contributed by atoms with Gasteiger partial charge in [-0.1, -0.05) is 42.5 Å². The van der Waals surface area contributed by atoms with Gasteiger partial charge < -0.3 is 20.1 Å². The number of piperazine rings is 1. The fraction of sp³-hybridized carbons (Fsp3) is 0.542. The minimum atomic E-state index is -0.727. The van der Waals surface area contributed by atoms with Crippen LogP contribution in [0.1, 0.15) is 25.3 Å². The highest BCUT2D eigenvalue weighted by Crippen LogP contribution is 2.22. The number of nitrogens with zero attached hydrogens (tertiary/aromatic N) is 3. The lowest BCUT2D eigenvalue weighted by Crippen LogP contribution is -2.52. The first-order valence-corrected chi connectivity index (χ1v) is 11.2. The normalized spacial score (nSPS) is 19.8. The lowest BCUT2D eigenvalue weighted by Gasteiger charge is -2.37. The second kappa shape index (κ2) is 11.4. The number of hydrogen-bond acceptors (Lipinski definition) is 4. The van der Waals surface area contributed by atoms with Crippen LogP contribution in [0, 0.1) is 0 Å². The Bertz CT molecular complexity index is 856. The van der Waals surface area contributed by atoms with Crippen molar-refractivity contribution in [1.82, 2.24) is 15.1 Å². The maximum Gasteiger partial charge on any atom is 0.194 e. The predicted octanol–water partition coefficient (Wildman–Crippen LogP) is 3.08. The highest BCUT2D eigenvalue weighted by molar-refractivity contribution is 14.0. The first kappa shape index (κ1) is 24.2. The summed E-state index contributed by atoms with van der Waals surface area (Å²) < 4.78 is 5.38. The van der Waals surface area contributed by atoms with Crippen LogP contribution >= 0.6 is 24.0 Å². The average molecular weight is 538 g/mol. The van der Waals surface area contributed by atoms with E-state index < -0.39 is 5.60 Å². The number of benzene rings is 2. The summed E-state index contributed by atoms with van der Waals surface area (Å²) in [5.41, 5.74) is 0.665. The van der Waals surface area contributed by atoms with Crippen molar-refractivity contribution in [2.45, 2.75) is 31.9 Å². The number of fused-ring (bicyclic) bond motifs is 1. The molecule has 2 fully saturated rings. The maximum absolute atomic E-state index is 10.7. The third kappa shape index (κ3) is 6.31. The molecule has 2 aromatic carbocycles. The minimum Gasteiger partial charge on any atom is -0.388 e. The Balaban J connectivity index is 0.00000272. The Hall–Kier alpha value is -1.42. The second-order valence-electron chi connectivity index (χ2n) is 8.41. The third-order valence-electron chi connectivity index (χ3n) is 6.23. The molecule has 0 aliphatic carbocycles. The van der Waals surface area contributed by atoms with Crippen LogP contribution in [0.4, 0.5) is 0 Å². The molecule has 4 rings (SSSR count). The van der Waals surface area contributed by atoms with E-state index in [4.69, 9.17) is 9.73 Å². The lowest BCUT2D eigenvalue weighted by molar-refractivity contribution is -0.0567. The van der Waals surface area contributed by atoms with Crippen LogP contribution in [0.25, 0.3) is 10.8 Å². The monoisotopic (exact) mass is 538 g/mol. The largest absolute Gasteiger partial charge is 0.388 e. The molecule has 0 bridgehead atoms. The van der Waals surface area contributed by atoms with Gasteiger partial charge in [0.15, 0.2) is 5.96 Å². The van der Waals surface area contributed by atoms with E-state index in [-0.39, 0.29) is 24.0 Å². The van der Waals surface area contributed by atoms with Gasteiger partial charge in [0, 0.05) is 65.3 Å². The Morgan fingerprint density at radius 3 is 2.52 bits per heavy atom. The minimum absolute atomic E-state index is 0. The van der Waals surface area contributed by atoms with E-state index in [9.17, 15) is 5.11 Å². The Morgan fingerprint density at radius 1 is 1.06 bits per heavy atom. The summed E-state index contributed by atoms with van der Waals surface area (Å²) in [6, 6.07) is 15.2. The van der Waals surface area contributed by atoms with Gasteiger partial charge in [-0.3, -0.25) is 9.89 Å². The van der Waals surface area contributed by atoms with Crippen LogP contribution in [0.3, 0.4) is 0 Å². The molecule has 2 N–H and O–H groups in total. The fourth-order valence-electron chi connectivity index (χ4n) is 4.35. The molecule has 2 heterocycles. The van der Waals surface area contributed by atoms with Crippen molar-refractivity contribution in [2.75, 3.05) is 52.5 Å². The van der Waals surface area contributed by atoms with Crippen LogP contribution in [-0.2, 0) is 11.3 Å². The van der Waals surface area contributed by atoms with Gasteiger partial charge >= 0.3 is 0 Å². The predicted molar refractivity (Wildman–Crippen MR) is 137 cm³/mol. The van der Waals surface area contributed by atoms with Crippen molar-refractivity contribution in [3.05, 3.63) is 48.0 Å². The third-order valence-corrected chi connectivity index (χ3v) is 6.23. The molecule has 2 saturated heterocycles. The SMILES string of the molecule is CCNC(=NCC1(O)CCOCC1)N1CCN(Cc2cccc3ccccc23)CC1.I. The van der Waals surface area contributed by atoms with E-state index in [0.717, 1.165) is 45.2 Å². The second-order valence-corrected chi connectivity index (χ2v) is 8.41. The van der Waals surface area contributed by atoms with E-state index in [0.29, 0.717) is 32.6 Å². The Labute approximate surface area is 202 Å². The Kier molecular flexibility index (Phi) is 8.95. The van der Waals surface area contributed by atoms with Crippen molar-refractivity contribution in [3.8, 4) is 0 Å². The van der Waals surface area contributed by atoms with E-state index in [1.165, 1.54) is 16.3 Å². The van der Waals surface area contributed by atoms with Gasteiger partial charge in [0.1, 0.15) is 0 Å². The van der Waals surface area contributed by atoms with Crippen LogP contribution in [0.2, 0.25) is 0 Å². The fourth-order valence-corrected chi connectivity index (χ4v) is 4.35. The molecular weight excluding hydrogens is 503 g/mol. The van der Waals surface area contributed by atoms with Crippen molar-refractivity contribution in [3.63, 3.8) is 0 Å². The summed E-state index contributed by atoms with van der Waals surface area (Å²) in [4.78, 5) is 9.64. The number of guanidine groups is 1. The van der Waals surface area contributed by atoms with Gasteiger partial charge in [-0.15, -0.1) is 24.0 Å². The highest BCUT2D eigenvalue weighted by Gasteiger charge is 2.30. The zero-order valence-electron chi connectivity index (χ0n) is 18.4. The average Bonchev–Trinajstić information content (AvgIpc) is 2.78. The number of aliphatic hydroxyl groups is 1. The van der Waals surface area contributed by atoms with E-state index in [2.05, 4.69) is 64.5 Å². The van der Waals surface area contributed by atoms with Crippen molar-refractivity contribution < 1.29 is 9.84 Å². The maximum atomic E-state index is 10.7. The molecule has 31 heavy (non-hydrogen) atoms. The molecule has 0 radical (unpaired) electrons. The van der Waals surface area contributed by atoms with Crippen LogP contribution in [-0.4, -0.2) is 78.9 Å². The van der Waals surface area contributed by atoms with Gasteiger partial charge in [0.05, 0.1) is 12.1 Å². The topological polar surface area (TPSA) is 60.3 Å².